The van der Waals surface area contributed by atoms with Gasteiger partial charge in [-0.05, 0) is 11.6 Å². The van der Waals surface area contributed by atoms with Crippen LogP contribution in [-0.4, -0.2) is 28.9 Å². The second kappa shape index (κ2) is 4.23. The molecule has 0 unspecified atom stereocenters. The predicted octanol–water partition coefficient (Wildman–Crippen LogP) is 1.19. The Morgan fingerprint density at radius 1 is 1.39 bits per heavy atom. The van der Waals surface area contributed by atoms with Crippen molar-refractivity contribution in [2.45, 2.75) is 30.8 Å². The highest BCUT2D eigenvalue weighted by Crippen LogP contribution is 2.34. The summed E-state index contributed by atoms with van der Waals surface area (Å²) in [5.74, 6) is -0.574. The van der Waals surface area contributed by atoms with Gasteiger partial charge in [0.2, 0.25) is 0 Å². The Labute approximate surface area is 105 Å². The van der Waals surface area contributed by atoms with Gasteiger partial charge in [-0.1, -0.05) is 36.4 Å². The molecule has 1 aromatic rings. The molecule has 3 rings (SSSR count). The van der Waals surface area contributed by atoms with E-state index < -0.39 is 11.6 Å². The van der Waals surface area contributed by atoms with Crippen LogP contribution >= 0.6 is 0 Å². The minimum Gasteiger partial charge on any atom is -0.457 e. The lowest BCUT2D eigenvalue weighted by Crippen LogP contribution is -2.36. The molecule has 1 N–H and O–H groups in total. The molecular weight excluding hydrogens is 232 g/mol. The fourth-order valence-electron chi connectivity index (χ4n) is 2.30. The third kappa shape index (κ3) is 1.94. The van der Waals surface area contributed by atoms with E-state index in [1.807, 2.05) is 30.3 Å². The molecule has 2 aliphatic rings. The number of fused-ring (bicyclic) bond motifs is 2. The van der Waals surface area contributed by atoms with Crippen LogP contribution in [0.15, 0.2) is 42.5 Å². The normalized spacial score (nSPS) is 33.5. The number of ether oxygens (including phenoxy) is 2. The summed E-state index contributed by atoms with van der Waals surface area (Å²) in [6.45, 7) is 0.461. The van der Waals surface area contributed by atoms with Gasteiger partial charge in [-0.15, -0.1) is 0 Å². The van der Waals surface area contributed by atoms with Crippen LogP contribution in [0.4, 0.5) is 0 Å². The summed E-state index contributed by atoms with van der Waals surface area (Å²) in [7, 11) is 0. The highest BCUT2D eigenvalue weighted by atomic mass is 16.6. The minimum absolute atomic E-state index is 0.280. The molecule has 0 amide bonds. The van der Waals surface area contributed by atoms with Crippen molar-refractivity contribution in [1.29, 1.82) is 0 Å². The lowest BCUT2D eigenvalue weighted by Gasteiger charge is -2.24. The Morgan fingerprint density at radius 3 is 2.94 bits per heavy atom. The molecule has 1 aromatic carbocycles. The predicted molar refractivity (Wildman–Crippen MR) is 63.6 cm³/mol. The van der Waals surface area contributed by atoms with E-state index in [1.165, 1.54) is 6.08 Å². The Balaban J connectivity index is 1.66. The van der Waals surface area contributed by atoms with Crippen molar-refractivity contribution in [2.24, 2.45) is 0 Å². The third-order valence-corrected chi connectivity index (χ3v) is 3.34. The van der Waals surface area contributed by atoms with Crippen molar-refractivity contribution < 1.29 is 19.4 Å². The van der Waals surface area contributed by atoms with Crippen LogP contribution in [0.25, 0.3) is 0 Å². The molecule has 4 heteroatoms. The van der Waals surface area contributed by atoms with Crippen LogP contribution in [0.1, 0.15) is 12.0 Å². The van der Waals surface area contributed by atoms with Crippen LogP contribution < -0.4 is 0 Å². The molecule has 4 nitrogen and oxygen atoms in total. The SMILES string of the molecule is O=C1O[C@@H]2C[C@@]1(O)C=C[C@H]2OCc1ccccc1. The topological polar surface area (TPSA) is 55.8 Å². The maximum absolute atomic E-state index is 11.4. The number of rotatable bonds is 3. The molecule has 0 spiro atoms. The number of carbonyl (C=O) groups is 1. The number of hydrogen-bond acceptors (Lipinski definition) is 4. The van der Waals surface area contributed by atoms with E-state index in [0.717, 1.165) is 5.56 Å². The highest BCUT2D eigenvalue weighted by molar-refractivity contribution is 5.84. The molecule has 1 aliphatic heterocycles. The van der Waals surface area contributed by atoms with E-state index >= 15 is 0 Å². The van der Waals surface area contributed by atoms with E-state index in [9.17, 15) is 9.90 Å². The fraction of sp³-hybridized carbons (Fsp3) is 0.357. The Bertz CT molecular complexity index is 482. The van der Waals surface area contributed by atoms with E-state index in [2.05, 4.69) is 0 Å². The Kier molecular flexibility index (Phi) is 2.69. The smallest absolute Gasteiger partial charge is 0.342 e. The second-order valence-corrected chi connectivity index (χ2v) is 4.69. The van der Waals surface area contributed by atoms with Gasteiger partial charge in [-0.2, -0.15) is 0 Å². The number of carbonyl (C=O) groups excluding carboxylic acids is 1. The van der Waals surface area contributed by atoms with Gasteiger partial charge >= 0.3 is 5.97 Å². The molecule has 0 saturated carbocycles. The summed E-state index contributed by atoms with van der Waals surface area (Å²) in [4.78, 5) is 11.4. The minimum atomic E-state index is -1.43. The third-order valence-electron chi connectivity index (χ3n) is 3.34. The largest absolute Gasteiger partial charge is 0.457 e. The van der Waals surface area contributed by atoms with Crippen LogP contribution in [0.2, 0.25) is 0 Å². The summed E-state index contributed by atoms with van der Waals surface area (Å²) >= 11 is 0. The van der Waals surface area contributed by atoms with Crippen LogP contribution in [-0.2, 0) is 20.9 Å². The van der Waals surface area contributed by atoms with Gasteiger partial charge in [0.1, 0.15) is 12.2 Å². The first kappa shape index (κ1) is 11.4. The van der Waals surface area contributed by atoms with Gasteiger partial charge in [-0.25, -0.2) is 4.79 Å². The molecule has 0 radical (unpaired) electrons. The first-order valence-corrected chi connectivity index (χ1v) is 5.96. The molecule has 18 heavy (non-hydrogen) atoms. The number of esters is 1. The molecule has 1 aliphatic carbocycles. The van der Waals surface area contributed by atoms with Crippen LogP contribution in [0, 0.1) is 0 Å². The summed E-state index contributed by atoms with van der Waals surface area (Å²) < 4.78 is 10.8. The Hall–Kier alpha value is -1.65. The maximum Gasteiger partial charge on any atom is 0.342 e. The molecular formula is C14H14O4. The summed E-state index contributed by atoms with van der Waals surface area (Å²) in [6.07, 6.45) is 2.81. The number of benzene rings is 1. The molecule has 94 valence electrons. The summed E-state index contributed by atoms with van der Waals surface area (Å²) in [5.41, 5.74) is -0.367. The first-order chi connectivity index (χ1) is 8.67. The quantitative estimate of drug-likeness (QED) is 0.643. The summed E-state index contributed by atoms with van der Waals surface area (Å²) in [6, 6.07) is 9.80. The lowest BCUT2D eigenvalue weighted by atomic mass is 9.91. The van der Waals surface area contributed by atoms with Gasteiger partial charge in [0, 0.05) is 6.42 Å². The molecule has 2 bridgehead atoms. The molecule has 1 fully saturated rings. The number of aliphatic hydroxyl groups is 1. The van der Waals surface area contributed by atoms with E-state index in [0.29, 0.717) is 6.61 Å². The number of hydrogen-bond donors (Lipinski definition) is 1. The van der Waals surface area contributed by atoms with Crippen molar-refractivity contribution >= 4 is 5.97 Å². The van der Waals surface area contributed by atoms with Crippen molar-refractivity contribution in [3.8, 4) is 0 Å². The maximum atomic E-state index is 11.4. The average molecular weight is 246 g/mol. The molecule has 1 heterocycles. The van der Waals surface area contributed by atoms with Crippen molar-refractivity contribution in [3.63, 3.8) is 0 Å². The average Bonchev–Trinajstić information content (AvgIpc) is 2.61. The highest BCUT2D eigenvalue weighted by Gasteiger charge is 2.51. The zero-order valence-electron chi connectivity index (χ0n) is 9.78. The molecule has 3 atom stereocenters. The standard InChI is InChI=1S/C14H14O4/c15-13-14(16)7-6-11(12(8-14)18-13)17-9-10-4-2-1-3-5-10/h1-7,11-12,16H,8-9H2/t11-,12-,14+/m1/s1. The monoisotopic (exact) mass is 246 g/mol. The van der Waals surface area contributed by atoms with Crippen molar-refractivity contribution in [1.82, 2.24) is 0 Å². The lowest BCUT2D eigenvalue weighted by molar-refractivity contribution is -0.153. The van der Waals surface area contributed by atoms with Gasteiger partial charge in [0.05, 0.1) is 6.61 Å². The van der Waals surface area contributed by atoms with E-state index in [-0.39, 0.29) is 18.6 Å². The zero-order valence-corrected chi connectivity index (χ0v) is 9.78. The van der Waals surface area contributed by atoms with E-state index in [4.69, 9.17) is 9.47 Å². The van der Waals surface area contributed by atoms with E-state index in [1.54, 1.807) is 6.08 Å². The van der Waals surface area contributed by atoms with Gasteiger partial charge in [0.25, 0.3) is 0 Å². The zero-order chi connectivity index (χ0) is 12.6. The first-order valence-electron chi connectivity index (χ1n) is 5.96. The second-order valence-electron chi connectivity index (χ2n) is 4.69. The van der Waals surface area contributed by atoms with Crippen molar-refractivity contribution in [3.05, 3.63) is 48.0 Å². The van der Waals surface area contributed by atoms with Crippen molar-refractivity contribution in [2.75, 3.05) is 0 Å². The van der Waals surface area contributed by atoms with Crippen LogP contribution in [0.5, 0.6) is 0 Å². The van der Waals surface area contributed by atoms with Gasteiger partial charge in [-0.3, -0.25) is 0 Å². The summed E-state index contributed by atoms with van der Waals surface area (Å²) in [5, 5.41) is 9.88. The van der Waals surface area contributed by atoms with Gasteiger partial charge < -0.3 is 14.6 Å². The Morgan fingerprint density at radius 2 is 2.17 bits per heavy atom. The molecule has 0 aromatic heterocycles. The van der Waals surface area contributed by atoms with Gasteiger partial charge in [0.15, 0.2) is 5.60 Å². The fourth-order valence-corrected chi connectivity index (χ4v) is 2.30. The van der Waals surface area contributed by atoms with Crippen LogP contribution in [0.3, 0.4) is 0 Å². The molecule has 1 saturated heterocycles.